The maximum atomic E-state index is 10.6. The summed E-state index contributed by atoms with van der Waals surface area (Å²) in [5.41, 5.74) is 1.10. The molecule has 0 saturated carbocycles. The molecule has 5 nitrogen and oxygen atoms in total. The van der Waals surface area contributed by atoms with Crippen LogP contribution < -0.4 is 9.47 Å². The van der Waals surface area contributed by atoms with Crippen molar-refractivity contribution < 1.29 is 19.4 Å². The highest BCUT2D eigenvalue weighted by molar-refractivity contribution is 7.98. The van der Waals surface area contributed by atoms with Crippen molar-refractivity contribution in [2.24, 2.45) is 0 Å². The van der Waals surface area contributed by atoms with Gasteiger partial charge in [-0.05, 0) is 31.0 Å². The highest BCUT2D eigenvalue weighted by Crippen LogP contribution is 2.35. The van der Waals surface area contributed by atoms with Gasteiger partial charge in [0.1, 0.15) is 0 Å². The summed E-state index contributed by atoms with van der Waals surface area (Å²) in [5.74, 6) is 0.606. The van der Waals surface area contributed by atoms with E-state index >= 15 is 0 Å². The van der Waals surface area contributed by atoms with Gasteiger partial charge in [-0.2, -0.15) is 0 Å². The van der Waals surface area contributed by atoms with Crippen LogP contribution in [0.15, 0.2) is 17.0 Å². The monoisotopic (exact) mass is 299 g/mol. The van der Waals surface area contributed by atoms with Crippen molar-refractivity contribution in [3.8, 4) is 11.5 Å². The van der Waals surface area contributed by atoms with Crippen LogP contribution in [0.5, 0.6) is 11.5 Å². The van der Waals surface area contributed by atoms with Crippen molar-refractivity contribution in [2.45, 2.75) is 17.9 Å². The topological polar surface area (TPSA) is 59.0 Å². The molecule has 0 fully saturated rings. The lowest BCUT2D eigenvalue weighted by molar-refractivity contribution is -0.137. The van der Waals surface area contributed by atoms with Crippen molar-refractivity contribution in [3.05, 3.63) is 17.7 Å². The summed E-state index contributed by atoms with van der Waals surface area (Å²) in [5, 5.41) is 8.71. The second-order valence-corrected chi connectivity index (χ2v) is 5.25. The van der Waals surface area contributed by atoms with Crippen LogP contribution in [0.3, 0.4) is 0 Å². The summed E-state index contributed by atoms with van der Waals surface area (Å²) in [6, 6.07) is 3.89. The van der Waals surface area contributed by atoms with E-state index in [-0.39, 0.29) is 6.42 Å². The molecule has 1 aromatic carbocycles. The molecule has 6 heteroatoms. The molecular formula is C14H21NO4S. The molecule has 0 aromatic heterocycles. The Hall–Kier alpha value is -1.40. The first kappa shape index (κ1) is 16.7. The van der Waals surface area contributed by atoms with Gasteiger partial charge in [0.15, 0.2) is 11.5 Å². The number of hydrogen-bond acceptors (Lipinski definition) is 5. The van der Waals surface area contributed by atoms with Crippen LogP contribution in [0, 0.1) is 0 Å². The van der Waals surface area contributed by atoms with E-state index in [1.54, 1.807) is 26.0 Å². The number of ether oxygens (including phenoxy) is 2. The minimum atomic E-state index is -0.783. The molecule has 0 heterocycles. The fraction of sp³-hybridized carbons (Fsp3) is 0.500. The van der Waals surface area contributed by atoms with Gasteiger partial charge in [0, 0.05) is 18.0 Å². The molecule has 20 heavy (non-hydrogen) atoms. The normalized spacial score (nSPS) is 10.7. The van der Waals surface area contributed by atoms with Gasteiger partial charge >= 0.3 is 5.97 Å². The smallest absolute Gasteiger partial charge is 0.304 e. The Labute approximate surface area is 123 Å². The van der Waals surface area contributed by atoms with E-state index in [1.807, 2.05) is 30.3 Å². The maximum absolute atomic E-state index is 10.6. The Morgan fingerprint density at radius 3 is 2.40 bits per heavy atom. The molecule has 0 amide bonds. The number of carbonyl (C=O) groups is 1. The third-order valence-corrected chi connectivity index (χ3v) is 3.75. The number of benzene rings is 1. The lowest BCUT2D eigenvalue weighted by atomic mass is 10.2. The molecule has 1 N–H and O–H groups in total. The lowest BCUT2D eigenvalue weighted by Gasteiger charge is -2.19. The molecule has 0 saturated heterocycles. The summed E-state index contributed by atoms with van der Waals surface area (Å²) in [4.78, 5) is 13.7. The molecule has 1 rings (SSSR count). The van der Waals surface area contributed by atoms with Gasteiger partial charge in [0.2, 0.25) is 0 Å². The summed E-state index contributed by atoms with van der Waals surface area (Å²) in [6.07, 6.45) is 2.14. The Bertz CT molecular complexity index is 465. The van der Waals surface area contributed by atoms with Crippen LogP contribution in [-0.2, 0) is 11.3 Å². The Morgan fingerprint density at radius 2 is 1.90 bits per heavy atom. The lowest BCUT2D eigenvalue weighted by Crippen LogP contribution is -2.21. The number of thioether (sulfide) groups is 1. The first-order chi connectivity index (χ1) is 9.51. The number of carboxylic acids is 1. The van der Waals surface area contributed by atoms with E-state index in [2.05, 4.69) is 0 Å². The third-order valence-electron chi connectivity index (χ3n) is 2.93. The van der Waals surface area contributed by atoms with Gasteiger partial charge in [-0.15, -0.1) is 11.8 Å². The Kier molecular flexibility index (Phi) is 6.67. The molecular weight excluding hydrogens is 278 g/mol. The minimum Gasteiger partial charge on any atom is -0.493 e. The second-order valence-electron chi connectivity index (χ2n) is 4.40. The van der Waals surface area contributed by atoms with Crippen molar-refractivity contribution in [2.75, 3.05) is 34.1 Å². The van der Waals surface area contributed by atoms with Crippen molar-refractivity contribution >= 4 is 17.7 Å². The molecule has 0 bridgehead atoms. The highest BCUT2D eigenvalue weighted by atomic mass is 32.2. The van der Waals surface area contributed by atoms with Crippen LogP contribution in [0.25, 0.3) is 0 Å². The summed E-state index contributed by atoms with van der Waals surface area (Å²) >= 11 is 1.63. The van der Waals surface area contributed by atoms with Crippen molar-refractivity contribution in [1.29, 1.82) is 0 Å². The minimum absolute atomic E-state index is 0.137. The second kappa shape index (κ2) is 8.01. The summed E-state index contributed by atoms with van der Waals surface area (Å²) < 4.78 is 10.6. The average Bonchev–Trinajstić information content (AvgIpc) is 2.44. The van der Waals surface area contributed by atoms with Crippen molar-refractivity contribution in [1.82, 2.24) is 4.90 Å². The van der Waals surface area contributed by atoms with Gasteiger partial charge in [0.25, 0.3) is 0 Å². The van der Waals surface area contributed by atoms with Gasteiger partial charge in [0.05, 0.1) is 20.6 Å². The zero-order chi connectivity index (χ0) is 15.1. The van der Waals surface area contributed by atoms with Crippen LogP contribution in [0.2, 0.25) is 0 Å². The number of nitrogens with zero attached hydrogens (tertiary/aromatic N) is 1. The summed E-state index contributed by atoms with van der Waals surface area (Å²) in [6.45, 7) is 1.18. The van der Waals surface area contributed by atoms with Gasteiger partial charge in [-0.1, -0.05) is 0 Å². The van der Waals surface area contributed by atoms with E-state index in [1.165, 1.54) is 0 Å². The van der Waals surface area contributed by atoms with E-state index in [0.29, 0.717) is 24.6 Å². The molecule has 112 valence electrons. The number of aliphatic carboxylic acids is 1. The summed E-state index contributed by atoms with van der Waals surface area (Å²) in [7, 11) is 5.12. The highest BCUT2D eigenvalue weighted by Gasteiger charge is 2.12. The molecule has 0 radical (unpaired) electrons. The van der Waals surface area contributed by atoms with Gasteiger partial charge < -0.3 is 19.5 Å². The molecule has 0 spiro atoms. The van der Waals surface area contributed by atoms with Crippen LogP contribution in [0.1, 0.15) is 12.0 Å². The molecule has 1 aromatic rings. The standard InChI is InChI=1S/C14H21NO4S/c1-15(6-5-14(16)17)9-10-7-11(18-2)12(19-3)8-13(10)20-4/h7-8H,5-6,9H2,1-4H3,(H,16,17). The van der Waals surface area contributed by atoms with E-state index in [0.717, 1.165) is 10.5 Å². The molecule has 0 aliphatic rings. The van der Waals surface area contributed by atoms with Crippen LogP contribution in [-0.4, -0.2) is 50.0 Å². The predicted octanol–water partition coefficient (Wildman–Crippen LogP) is 2.33. The van der Waals surface area contributed by atoms with Gasteiger partial charge in [-0.3, -0.25) is 4.79 Å². The first-order valence-electron chi connectivity index (χ1n) is 6.21. The Balaban J connectivity index is 2.89. The number of hydrogen-bond donors (Lipinski definition) is 1. The number of rotatable bonds is 8. The number of carboxylic acid groups (broad SMARTS) is 1. The first-order valence-corrected chi connectivity index (χ1v) is 7.43. The van der Waals surface area contributed by atoms with E-state index < -0.39 is 5.97 Å². The fourth-order valence-corrected chi connectivity index (χ4v) is 2.48. The predicted molar refractivity (Wildman–Crippen MR) is 79.9 cm³/mol. The van der Waals surface area contributed by atoms with Crippen LogP contribution >= 0.6 is 11.8 Å². The van der Waals surface area contributed by atoms with E-state index in [4.69, 9.17) is 14.6 Å². The van der Waals surface area contributed by atoms with E-state index in [9.17, 15) is 4.79 Å². The SMILES string of the molecule is COc1cc(CN(C)CCC(=O)O)c(SC)cc1OC. The maximum Gasteiger partial charge on any atom is 0.304 e. The van der Waals surface area contributed by atoms with Crippen LogP contribution in [0.4, 0.5) is 0 Å². The zero-order valence-corrected chi connectivity index (χ0v) is 13.1. The molecule has 0 atom stereocenters. The largest absolute Gasteiger partial charge is 0.493 e. The Morgan fingerprint density at radius 1 is 1.30 bits per heavy atom. The molecule has 0 aliphatic heterocycles. The third kappa shape index (κ3) is 4.61. The van der Waals surface area contributed by atoms with Crippen molar-refractivity contribution in [3.63, 3.8) is 0 Å². The quantitative estimate of drug-likeness (QED) is 0.744. The molecule has 0 unspecified atom stereocenters. The fourth-order valence-electron chi connectivity index (χ4n) is 1.87. The van der Waals surface area contributed by atoms with Gasteiger partial charge in [-0.25, -0.2) is 0 Å². The number of methoxy groups -OCH3 is 2. The zero-order valence-electron chi connectivity index (χ0n) is 12.3. The molecule has 0 aliphatic carbocycles. The average molecular weight is 299 g/mol.